The number of benzene rings is 1. The molecule has 2 amide bonds. The third kappa shape index (κ3) is 3.52. The lowest BCUT2D eigenvalue weighted by atomic mass is 9.88. The molecule has 0 saturated carbocycles. The fraction of sp³-hybridized carbons (Fsp3) is 0.526. The van der Waals surface area contributed by atoms with E-state index in [0.717, 1.165) is 44.5 Å². The van der Waals surface area contributed by atoms with Crippen molar-refractivity contribution in [3.05, 3.63) is 47.1 Å². The molecular formula is C19H24N4O2. The van der Waals surface area contributed by atoms with E-state index in [-0.39, 0.29) is 18.0 Å². The van der Waals surface area contributed by atoms with Gasteiger partial charge >= 0.3 is 6.03 Å². The third-order valence-electron chi connectivity index (χ3n) is 5.29. The zero-order valence-electron chi connectivity index (χ0n) is 14.6. The topological polar surface area (TPSA) is 71.3 Å². The number of carbonyl (C=O) groups excluding carboxylic acids is 1. The molecule has 0 radical (unpaired) electrons. The maximum absolute atomic E-state index is 12.7. The van der Waals surface area contributed by atoms with E-state index in [1.54, 1.807) is 6.92 Å². The molecule has 1 fully saturated rings. The van der Waals surface area contributed by atoms with E-state index < -0.39 is 0 Å². The molecule has 2 aliphatic rings. The summed E-state index contributed by atoms with van der Waals surface area (Å²) in [4.78, 5) is 18.9. The summed E-state index contributed by atoms with van der Waals surface area (Å²) >= 11 is 0. The van der Waals surface area contributed by atoms with Crippen molar-refractivity contribution >= 4 is 6.03 Å². The largest absolute Gasteiger partial charge is 0.340 e. The van der Waals surface area contributed by atoms with E-state index in [0.29, 0.717) is 12.4 Å². The monoisotopic (exact) mass is 340 g/mol. The molecule has 6 nitrogen and oxygen atoms in total. The Morgan fingerprint density at radius 2 is 2.12 bits per heavy atom. The Bertz CT molecular complexity index is 757. The molecular weight excluding hydrogens is 316 g/mol. The number of nitrogens with one attached hydrogen (secondary N) is 1. The smallest absolute Gasteiger partial charge is 0.317 e. The van der Waals surface area contributed by atoms with Gasteiger partial charge in [0.15, 0.2) is 5.82 Å². The fourth-order valence-electron chi connectivity index (χ4n) is 3.94. The van der Waals surface area contributed by atoms with Crippen LogP contribution in [0.3, 0.4) is 0 Å². The number of hydrogen-bond acceptors (Lipinski definition) is 4. The lowest BCUT2D eigenvalue weighted by Gasteiger charge is -2.33. The van der Waals surface area contributed by atoms with Crippen LogP contribution >= 0.6 is 0 Å². The van der Waals surface area contributed by atoms with Gasteiger partial charge in [-0.25, -0.2) is 4.79 Å². The van der Waals surface area contributed by atoms with Crippen molar-refractivity contribution in [2.24, 2.45) is 0 Å². The number of piperidine rings is 1. The normalized spacial score (nSPS) is 23.2. The maximum Gasteiger partial charge on any atom is 0.317 e. The van der Waals surface area contributed by atoms with Crippen LogP contribution in [-0.4, -0.2) is 40.2 Å². The molecule has 25 heavy (non-hydrogen) atoms. The van der Waals surface area contributed by atoms with Crippen molar-refractivity contribution in [3.8, 4) is 0 Å². The van der Waals surface area contributed by atoms with E-state index in [2.05, 4.69) is 39.7 Å². The van der Waals surface area contributed by atoms with Gasteiger partial charge in [-0.1, -0.05) is 29.4 Å². The van der Waals surface area contributed by atoms with Crippen molar-refractivity contribution in [3.63, 3.8) is 0 Å². The molecule has 2 heterocycles. The van der Waals surface area contributed by atoms with Crippen LogP contribution in [-0.2, 0) is 12.8 Å². The number of rotatable bonds is 2. The molecule has 1 aromatic carbocycles. The van der Waals surface area contributed by atoms with Crippen molar-refractivity contribution in [2.75, 3.05) is 13.1 Å². The zero-order valence-corrected chi connectivity index (χ0v) is 14.6. The lowest BCUT2D eigenvalue weighted by molar-refractivity contribution is 0.173. The van der Waals surface area contributed by atoms with Crippen LogP contribution in [0.1, 0.15) is 48.0 Å². The van der Waals surface area contributed by atoms with Gasteiger partial charge in [-0.05, 0) is 43.2 Å². The number of likely N-dealkylation sites (tertiary alicyclic amines) is 1. The Labute approximate surface area is 147 Å². The zero-order chi connectivity index (χ0) is 17.2. The second kappa shape index (κ2) is 6.86. The number of nitrogens with zero attached hydrogens (tertiary/aromatic N) is 3. The summed E-state index contributed by atoms with van der Waals surface area (Å²) < 4.78 is 5.09. The fourth-order valence-corrected chi connectivity index (χ4v) is 3.94. The number of aryl methyl sites for hydroxylation is 2. The summed E-state index contributed by atoms with van der Waals surface area (Å²) in [6.07, 6.45) is 4.93. The number of urea groups is 1. The number of fused-ring (bicyclic) bond motifs is 1. The van der Waals surface area contributed by atoms with Crippen LogP contribution in [0.2, 0.25) is 0 Å². The average molecular weight is 340 g/mol. The quantitative estimate of drug-likeness (QED) is 0.912. The first-order valence-corrected chi connectivity index (χ1v) is 9.11. The number of carbonyl (C=O) groups is 1. The first-order valence-electron chi connectivity index (χ1n) is 9.11. The minimum atomic E-state index is 0.0364. The first kappa shape index (κ1) is 16.1. The van der Waals surface area contributed by atoms with Crippen molar-refractivity contribution < 1.29 is 9.32 Å². The molecule has 0 unspecified atom stereocenters. The van der Waals surface area contributed by atoms with E-state index in [4.69, 9.17) is 4.52 Å². The lowest BCUT2D eigenvalue weighted by Crippen LogP contribution is -2.49. The van der Waals surface area contributed by atoms with Crippen molar-refractivity contribution in [1.29, 1.82) is 0 Å². The molecule has 2 atom stereocenters. The summed E-state index contributed by atoms with van der Waals surface area (Å²) in [5.74, 6) is 1.48. The highest BCUT2D eigenvalue weighted by atomic mass is 16.5. The van der Waals surface area contributed by atoms with Gasteiger partial charge in [-0.3, -0.25) is 0 Å². The van der Waals surface area contributed by atoms with Crippen LogP contribution in [0.4, 0.5) is 4.79 Å². The van der Waals surface area contributed by atoms with Gasteiger partial charge in [0.1, 0.15) is 0 Å². The molecule has 6 heteroatoms. The van der Waals surface area contributed by atoms with Crippen LogP contribution in [0, 0.1) is 6.92 Å². The molecule has 1 aliphatic heterocycles. The summed E-state index contributed by atoms with van der Waals surface area (Å²) in [6.45, 7) is 3.25. The number of aromatic nitrogens is 2. The molecule has 2 aromatic rings. The number of hydrogen-bond donors (Lipinski definition) is 1. The Morgan fingerprint density at radius 1 is 1.28 bits per heavy atom. The summed E-state index contributed by atoms with van der Waals surface area (Å²) in [7, 11) is 0. The molecule has 1 aromatic heterocycles. The summed E-state index contributed by atoms with van der Waals surface area (Å²) in [5.41, 5.74) is 2.77. The second-order valence-corrected chi connectivity index (χ2v) is 7.11. The highest BCUT2D eigenvalue weighted by Crippen LogP contribution is 2.25. The van der Waals surface area contributed by atoms with Gasteiger partial charge in [0.25, 0.3) is 0 Å². The SMILES string of the molecule is Cc1nc([C@H]2CCCN(C(=O)N[C@@H]3CCc4ccccc4C3)C2)no1. The molecule has 1 N–H and O–H groups in total. The molecule has 1 aliphatic carbocycles. The Morgan fingerprint density at radius 3 is 2.92 bits per heavy atom. The standard InChI is InChI=1S/C19H24N4O2/c1-13-20-18(22-25-13)16-7-4-10-23(12-16)19(24)21-17-9-8-14-5-2-3-6-15(14)11-17/h2-3,5-6,16-17H,4,7-12H2,1H3,(H,21,24)/t16-,17+/m0/s1. The Hall–Kier alpha value is -2.37. The van der Waals surface area contributed by atoms with E-state index >= 15 is 0 Å². The minimum absolute atomic E-state index is 0.0364. The third-order valence-corrected chi connectivity index (χ3v) is 5.29. The molecule has 132 valence electrons. The molecule has 1 saturated heterocycles. The van der Waals surface area contributed by atoms with Gasteiger partial charge in [-0.15, -0.1) is 0 Å². The van der Waals surface area contributed by atoms with E-state index in [1.165, 1.54) is 11.1 Å². The predicted octanol–water partition coefficient (Wildman–Crippen LogP) is 2.82. The first-order chi connectivity index (χ1) is 12.2. The average Bonchev–Trinajstić information content (AvgIpc) is 3.08. The van der Waals surface area contributed by atoms with Crippen LogP contribution in [0.15, 0.2) is 28.8 Å². The minimum Gasteiger partial charge on any atom is -0.340 e. The number of amides is 2. The summed E-state index contributed by atoms with van der Waals surface area (Å²) in [5, 5.41) is 7.26. The van der Waals surface area contributed by atoms with Gasteiger partial charge in [0.05, 0.1) is 0 Å². The van der Waals surface area contributed by atoms with Gasteiger partial charge in [0.2, 0.25) is 5.89 Å². The highest BCUT2D eigenvalue weighted by Gasteiger charge is 2.29. The van der Waals surface area contributed by atoms with E-state index in [9.17, 15) is 4.79 Å². The van der Waals surface area contributed by atoms with Gasteiger partial charge in [-0.2, -0.15) is 4.98 Å². The van der Waals surface area contributed by atoms with Crippen LogP contribution < -0.4 is 5.32 Å². The van der Waals surface area contributed by atoms with Crippen molar-refractivity contribution in [2.45, 2.75) is 51.0 Å². The predicted molar refractivity (Wildman–Crippen MR) is 93.4 cm³/mol. The van der Waals surface area contributed by atoms with Gasteiger partial charge < -0.3 is 14.7 Å². The van der Waals surface area contributed by atoms with Gasteiger partial charge in [0, 0.05) is 32.0 Å². The highest BCUT2D eigenvalue weighted by molar-refractivity contribution is 5.74. The summed E-state index contributed by atoms with van der Waals surface area (Å²) in [6, 6.07) is 8.78. The maximum atomic E-state index is 12.7. The van der Waals surface area contributed by atoms with Crippen LogP contribution in [0.25, 0.3) is 0 Å². The Balaban J connectivity index is 1.36. The second-order valence-electron chi connectivity index (χ2n) is 7.11. The molecule has 0 bridgehead atoms. The van der Waals surface area contributed by atoms with E-state index in [1.807, 2.05) is 4.90 Å². The van der Waals surface area contributed by atoms with Crippen LogP contribution in [0.5, 0.6) is 0 Å². The molecule has 4 rings (SSSR count). The van der Waals surface area contributed by atoms with Crippen molar-refractivity contribution in [1.82, 2.24) is 20.4 Å². The Kier molecular flexibility index (Phi) is 4.42. The molecule has 0 spiro atoms.